The molecule has 0 saturated heterocycles. The number of H-pyrrole nitrogens is 1. The fourth-order valence-electron chi connectivity index (χ4n) is 2.44. The zero-order valence-corrected chi connectivity index (χ0v) is 13.0. The molecule has 2 rings (SSSR count). The third kappa shape index (κ3) is 3.55. The van der Waals surface area contributed by atoms with Crippen LogP contribution in [0.3, 0.4) is 0 Å². The summed E-state index contributed by atoms with van der Waals surface area (Å²) in [6, 6.07) is 7.93. The summed E-state index contributed by atoms with van der Waals surface area (Å²) in [5.74, 6) is 1.43. The summed E-state index contributed by atoms with van der Waals surface area (Å²) in [6.45, 7) is 7.43. The lowest BCUT2D eigenvalue weighted by Crippen LogP contribution is -2.25. The highest BCUT2D eigenvalue weighted by molar-refractivity contribution is 5.68. The van der Waals surface area contributed by atoms with Crippen molar-refractivity contribution in [3.63, 3.8) is 0 Å². The van der Waals surface area contributed by atoms with E-state index in [0.29, 0.717) is 5.82 Å². The van der Waals surface area contributed by atoms with Gasteiger partial charge in [-0.3, -0.25) is 5.10 Å². The molecule has 2 aromatic rings. The van der Waals surface area contributed by atoms with Crippen LogP contribution in [0.15, 0.2) is 24.3 Å². The second-order valence-corrected chi connectivity index (χ2v) is 4.97. The van der Waals surface area contributed by atoms with Gasteiger partial charge >= 0.3 is 0 Å². The number of methoxy groups -OCH3 is 1. The number of aromatic nitrogens is 2. The fraction of sp³-hybridized carbons (Fsp3) is 0.438. The summed E-state index contributed by atoms with van der Waals surface area (Å²) in [5.41, 5.74) is 9.19. The molecule has 0 fully saturated rings. The summed E-state index contributed by atoms with van der Waals surface area (Å²) >= 11 is 0. The van der Waals surface area contributed by atoms with Crippen LogP contribution in [-0.4, -0.2) is 41.8 Å². The van der Waals surface area contributed by atoms with E-state index in [1.54, 1.807) is 7.11 Å². The lowest BCUT2D eigenvalue weighted by Gasteiger charge is -2.17. The third-order valence-electron chi connectivity index (χ3n) is 3.85. The van der Waals surface area contributed by atoms with E-state index in [4.69, 9.17) is 10.5 Å². The number of nitrogens with two attached hydrogens (primary N) is 1. The minimum atomic E-state index is 0.591. The Balaban J connectivity index is 2.20. The van der Waals surface area contributed by atoms with Gasteiger partial charge in [0.2, 0.25) is 0 Å². The number of ether oxygens (including phenoxy) is 1. The van der Waals surface area contributed by atoms with Crippen molar-refractivity contribution in [1.82, 2.24) is 15.1 Å². The first-order valence-corrected chi connectivity index (χ1v) is 7.39. The van der Waals surface area contributed by atoms with Crippen molar-refractivity contribution in [2.75, 3.05) is 32.5 Å². The fourth-order valence-corrected chi connectivity index (χ4v) is 2.44. The molecule has 1 heterocycles. The van der Waals surface area contributed by atoms with Gasteiger partial charge in [-0.15, -0.1) is 0 Å². The molecule has 0 bridgehead atoms. The Hall–Kier alpha value is -2.01. The smallest absolute Gasteiger partial charge is 0.149 e. The highest BCUT2D eigenvalue weighted by Gasteiger charge is 2.13. The zero-order chi connectivity index (χ0) is 15.2. The van der Waals surface area contributed by atoms with E-state index in [9.17, 15) is 0 Å². The molecule has 0 amide bonds. The minimum Gasteiger partial charge on any atom is -0.497 e. The molecule has 1 aromatic carbocycles. The molecule has 114 valence electrons. The molecular weight excluding hydrogens is 264 g/mol. The molecule has 0 aliphatic carbocycles. The first-order chi connectivity index (χ1) is 10.2. The Bertz CT molecular complexity index is 558. The maximum absolute atomic E-state index is 6.02. The topological polar surface area (TPSA) is 67.2 Å². The maximum atomic E-state index is 6.02. The Morgan fingerprint density at radius 3 is 2.43 bits per heavy atom. The van der Waals surface area contributed by atoms with Crippen molar-refractivity contribution in [2.45, 2.75) is 20.3 Å². The second-order valence-electron chi connectivity index (χ2n) is 4.97. The van der Waals surface area contributed by atoms with Crippen molar-refractivity contribution < 1.29 is 4.74 Å². The Morgan fingerprint density at radius 1 is 1.19 bits per heavy atom. The molecular formula is C16H24N4O. The van der Waals surface area contributed by atoms with Gasteiger partial charge < -0.3 is 15.4 Å². The summed E-state index contributed by atoms with van der Waals surface area (Å²) in [5, 5.41) is 7.22. The standard InChI is InChI=1S/C16H24N4O/c1-4-20(5-2)11-10-14-15(18-19-16(14)17)12-6-8-13(21-3)9-7-12/h6-9H,4-5,10-11H2,1-3H3,(H3,17,18,19). The maximum Gasteiger partial charge on any atom is 0.149 e. The van der Waals surface area contributed by atoms with Crippen molar-refractivity contribution in [3.05, 3.63) is 29.8 Å². The quantitative estimate of drug-likeness (QED) is 0.821. The largest absolute Gasteiger partial charge is 0.497 e. The van der Waals surface area contributed by atoms with E-state index in [1.807, 2.05) is 24.3 Å². The van der Waals surface area contributed by atoms with Gasteiger partial charge in [0.1, 0.15) is 11.6 Å². The van der Waals surface area contributed by atoms with Crippen LogP contribution in [0.25, 0.3) is 11.3 Å². The molecule has 0 saturated carbocycles. The van der Waals surface area contributed by atoms with Gasteiger partial charge in [0.05, 0.1) is 12.8 Å². The van der Waals surface area contributed by atoms with Gasteiger partial charge in [-0.1, -0.05) is 13.8 Å². The average molecular weight is 288 g/mol. The number of aromatic amines is 1. The molecule has 21 heavy (non-hydrogen) atoms. The van der Waals surface area contributed by atoms with Crippen LogP contribution in [-0.2, 0) is 6.42 Å². The summed E-state index contributed by atoms with van der Waals surface area (Å²) < 4.78 is 5.19. The predicted molar refractivity (Wildman–Crippen MR) is 86.5 cm³/mol. The van der Waals surface area contributed by atoms with Crippen molar-refractivity contribution >= 4 is 5.82 Å². The van der Waals surface area contributed by atoms with Gasteiger partial charge in [0.25, 0.3) is 0 Å². The van der Waals surface area contributed by atoms with E-state index in [1.165, 1.54) is 0 Å². The highest BCUT2D eigenvalue weighted by atomic mass is 16.5. The summed E-state index contributed by atoms with van der Waals surface area (Å²) in [6.07, 6.45) is 0.894. The SMILES string of the molecule is CCN(CC)CCc1c(N)n[nH]c1-c1ccc(OC)cc1. The number of benzene rings is 1. The molecule has 0 atom stereocenters. The number of hydrogen-bond acceptors (Lipinski definition) is 4. The molecule has 0 aliphatic rings. The van der Waals surface area contributed by atoms with E-state index in [0.717, 1.165) is 48.6 Å². The van der Waals surface area contributed by atoms with Gasteiger partial charge in [-0.2, -0.15) is 5.10 Å². The van der Waals surface area contributed by atoms with E-state index < -0.39 is 0 Å². The number of nitrogens with zero attached hydrogens (tertiary/aromatic N) is 2. The van der Waals surface area contributed by atoms with Gasteiger partial charge in [-0.05, 0) is 43.8 Å². The number of anilines is 1. The molecule has 1 aromatic heterocycles. The molecule has 0 unspecified atom stereocenters. The minimum absolute atomic E-state index is 0.591. The van der Waals surface area contributed by atoms with Crippen molar-refractivity contribution in [3.8, 4) is 17.0 Å². The second kappa shape index (κ2) is 7.13. The Labute approximate surface area is 126 Å². The van der Waals surface area contributed by atoms with Crippen molar-refractivity contribution in [1.29, 1.82) is 0 Å². The zero-order valence-electron chi connectivity index (χ0n) is 13.0. The van der Waals surface area contributed by atoms with Crippen LogP contribution < -0.4 is 10.5 Å². The van der Waals surface area contributed by atoms with Crippen LogP contribution in [0.4, 0.5) is 5.82 Å². The molecule has 5 heteroatoms. The van der Waals surface area contributed by atoms with Crippen LogP contribution in [0.1, 0.15) is 19.4 Å². The van der Waals surface area contributed by atoms with Crippen LogP contribution in [0.2, 0.25) is 0 Å². The predicted octanol–water partition coefficient (Wildman–Crippen LogP) is 2.55. The number of hydrogen-bond donors (Lipinski definition) is 2. The average Bonchev–Trinajstić information content (AvgIpc) is 2.89. The molecule has 0 spiro atoms. The van der Waals surface area contributed by atoms with Crippen LogP contribution in [0, 0.1) is 0 Å². The Kier molecular flexibility index (Phi) is 5.22. The molecule has 0 aliphatic heterocycles. The van der Waals surface area contributed by atoms with Gasteiger partial charge in [-0.25, -0.2) is 0 Å². The van der Waals surface area contributed by atoms with Crippen LogP contribution in [0.5, 0.6) is 5.75 Å². The molecule has 3 N–H and O–H groups in total. The number of nitrogens with one attached hydrogen (secondary N) is 1. The third-order valence-corrected chi connectivity index (χ3v) is 3.85. The number of likely N-dealkylation sites (N-methyl/N-ethyl adjacent to an activating group) is 1. The van der Waals surface area contributed by atoms with Crippen molar-refractivity contribution in [2.24, 2.45) is 0 Å². The summed E-state index contributed by atoms with van der Waals surface area (Å²) in [7, 11) is 1.67. The van der Waals surface area contributed by atoms with Crippen LogP contribution >= 0.6 is 0 Å². The van der Waals surface area contributed by atoms with Gasteiger partial charge in [0.15, 0.2) is 0 Å². The van der Waals surface area contributed by atoms with E-state index in [2.05, 4.69) is 28.9 Å². The monoisotopic (exact) mass is 288 g/mol. The van der Waals surface area contributed by atoms with E-state index in [-0.39, 0.29) is 0 Å². The normalized spacial score (nSPS) is 11.0. The number of nitrogen functional groups attached to an aromatic ring is 1. The molecule has 5 nitrogen and oxygen atoms in total. The summed E-state index contributed by atoms with van der Waals surface area (Å²) in [4.78, 5) is 2.38. The molecule has 0 radical (unpaired) electrons. The van der Waals surface area contributed by atoms with E-state index >= 15 is 0 Å². The van der Waals surface area contributed by atoms with Gasteiger partial charge in [0, 0.05) is 17.7 Å². The highest BCUT2D eigenvalue weighted by Crippen LogP contribution is 2.27. The first-order valence-electron chi connectivity index (χ1n) is 7.39. The number of rotatable bonds is 7. The Morgan fingerprint density at radius 2 is 1.86 bits per heavy atom. The first kappa shape index (κ1) is 15.4. The lowest BCUT2D eigenvalue weighted by molar-refractivity contribution is 0.308. The lowest BCUT2D eigenvalue weighted by atomic mass is 10.0.